The SMILES string of the molecule is CCCCCCCCCCCCCCC(=O)NCCC(=O)O. The van der Waals surface area contributed by atoms with Gasteiger partial charge in [-0.15, -0.1) is 0 Å². The molecule has 0 saturated carbocycles. The summed E-state index contributed by atoms with van der Waals surface area (Å²) >= 11 is 0. The Balaban J connectivity index is 3.13. The molecule has 0 aliphatic carbocycles. The molecule has 4 heteroatoms. The fraction of sp³-hybridized carbons (Fsp3) is 0.889. The average molecular weight is 313 g/mol. The van der Waals surface area contributed by atoms with Crippen LogP contribution in [0.2, 0.25) is 0 Å². The minimum atomic E-state index is -0.870. The van der Waals surface area contributed by atoms with Gasteiger partial charge in [0.15, 0.2) is 0 Å². The van der Waals surface area contributed by atoms with Crippen molar-refractivity contribution in [1.82, 2.24) is 5.32 Å². The van der Waals surface area contributed by atoms with Crippen LogP contribution < -0.4 is 5.32 Å². The molecule has 0 aromatic heterocycles. The summed E-state index contributed by atoms with van der Waals surface area (Å²) in [5.41, 5.74) is 0. The molecule has 0 aliphatic heterocycles. The lowest BCUT2D eigenvalue weighted by molar-refractivity contribution is -0.136. The molecule has 2 N–H and O–H groups in total. The highest BCUT2D eigenvalue weighted by Gasteiger charge is 2.02. The van der Waals surface area contributed by atoms with E-state index in [4.69, 9.17) is 5.11 Å². The van der Waals surface area contributed by atoms with Gasteiger partial charge in [-0.1, -0.05) is 77.6 Å². The van der Waals surface area contributed by atoms with Crippen molar-refractivity contribution in [2.45, 2.75) is 96.8 Å². The van der Waals surface area contributed by atoms with E-state index in [1.54, 1.807) is 0 Å². The molecule has 0 bridgehead atoms. The van der Waals surface area contributed by atoms with E-state index < -0.39 is 5.97 Å². The number of hydrogen-bond acceptors (Lipinski definition) is 2. The average Bonchev–Trinajstić information content (AvgIpc) is 2.48. The molecule has 0 atom stereocenters. The highest BCUT2D eigenvalue weighted by Crippen LogP contribution is 2.12. The maximum atomic E-state index is 11.4. The number of unbranched alkanes of at least 4 members (excludes halogenated alkanes) is 11. The van der Waals surface area contributed by atoms with E-state index >= 15 is 0 Å². The van der Waals surface area contributed by atoms with Gasteiger partial charge >= 0.3 is 5.97 Å². The summed E-state index contributed by atoms with van der Waals surface area (Å²) in [4.78, 5) is 21.7. The van der Waals surface area contributed by atoms with Crippen molar-refractivity contribution in [1.29, 1.82) is 0 Å². The monoisotopic (exact) mass is 313 g/mol. The first-order valence-electron chi connectivity index (χ1n) is 9.15. The molecule has 0 saturated heterocycles. The number of carboxylic acids is 1. The lowest BCUT2D eigenvalue weighted by atomic mass is 10.0. The molecule has 0 aromatic rings. The Morgan fingerprint density at radius 2 is 1.18 bits per heavy atom. The van der Waals surface area contributed by atoms with Crippen LogP contribution >= 0.6 is 0 Å². The maximum absolute atomic E-state index is 11.4. The van der Waals surface area contributed by atoms with Gasteiger partial charge < -0.3 is 10.4 Å². The van der Waals surface area contributed by atoms with Crippen molar-refractivity contribution in [2.75, 3.05) is 6.54 Å². The van der Waals surface area contributed by atoms with E-state index in [0.29, 0.717) is 6.42 Å². The minimum Gasteiger partial charge on any atom is -0.481 e. The molecule has 0 fully saturated rings. The van der Waals surface area contributed by atoms with Crippen LogP contribution in [-0.2, 0) is 9.59 Å². The molecule has 4 nitrogen and oxygen atoms in total. The van der Waals surface area contributed by atoms with Gasteiger partial charge in [0.2, 0.25) is 5.91 Å². The third kappa shape index (κ3) is 17.0. The number of rotatable bonds is 16. The molecule has 0 spiro atoms. The zero-order chi connectivity index (χ0) is 16.5. The third-order valence-corrected chi connectivity index (χ3v) is 3.92. The Hall–Kier alpha value is -1.06. The zero-order valence-corrected chi connectivity index (χ0v) is 14.4. The lowest BCUT2D eigenvalue weighted by Crippen LogP contribution is -2.25. The Morgan fingerprint density at radius 1 is 0.727 bits per heavy atom. The van der Waals surface area contributed by atoms with E-state index in [2.05, 4.69) is 12.2 Å². The van der Waals surface area contributed by atoms with E-state index in [1.165, 1.54) is 64.2 Å². The van der Waals surface area contributed by atoms with Crippen LogP contribution in [0, 0.1) is 0 Å². The second-order valence-corrected chi connectivity index (χ2v) is 6.13. The third-order valence-electron chi connectivity index (χ3n) is 3.92. The number of carbonyl (C=O) groups is 2. The van der Waals surface area contributed by atoms with Crippen molar-refractivity contribution in [3.8, 4) is 0 Å². The largest absolute Gasteiger partial charge is 0.481 e. The van der Waals surface area contributed by atoms with Gasteiger partial charge in [-0.3, -0.25) is 9.59 Å². The van der Waals surface area contributed by atoms with Gasteiger partial charge in [0.25, 0.3) is 0 Å². The van der Waals surface area contributed by atoms with E-state index in [9.17, 15) is 9.59 Å². The Labute approximate surface area is 136 Å². The number of carboxylic acid groups (broad SMARTS) is 1. The summed E-state index contributed by atoms with van der Waals surface area (Å²) < 4.78 is 0. The normalized spacial score (nSPS) is 10.6. The second kappa shape index (κ2) is 16.3. The molecule has 22 heavy (non-hydrogen) atoms. The molecule has 0 unspecified atom stereocenters. The first-order chi connectivity index (χ1) is 10.7. The molecule has 0 aliphatic rings. The summed E-state index contributed by atoms with van der Waals surface area (Å²) in [6.07, 6.45) is 15.9. The van der Waals surface area contributed by atoms with Crippen molar-refractivity contribution < 1.29 is 14.7 Å². The highest BCUT2D eigenvalue weighted by atomic mass is 16.4. The Bertz CT molecular complexity index is 280. The molecule has 0 aromatic carbocycles. The van der Waals surface area contributed by atoms with Crippen LogP contribution in [-0.4, -0.2) is 23.5 Å². The van der Waals surface area contributed by atoms with Gasteiger partial charge in [0.1, 0.15) is 0 Å². The Kier molecular flexibility index (Phi) is 15.5. The quantitative estimate of drug-likeness (QED) is 0.407. The summed E-state index contributed by atoms with van der Waals surface area (Å²) in [5.74, 6) is -0.890. The molecule has 0 heterocycles. The summed E-state index contributed by atoms with van der Waals surface area (Å²) in [5, 5.41) is 11.1. The van der Waals surface area contributed by atoms with Gasteiger partial charge in [-0.2, -0.15) is 0 Å². The molecular formula is C18H35NO3. The minimum absolute atomic E-state index is 0.00415. The second-order valence-electron chi connectivity index (χ2n) is 6.13. The van der Waals surface area contributed by atoms with Crippen LogP contribution in [0.3, 0.4) is 0 Å². The fourth-order valence-electron chi connectivity index (χ4n) is 2.52. The van der Waals surface area contributed by atoms with Crippen LogP contribution in [0.1, 0.15) is 96.8 Å². The topological polar surface area (TPSA) is 66.4 Å². The summed E-state index contributed by atoms with van der Waals surface area (Å²) in [6.45, 7) is 2.49. The number of hydrogen-bond donors (Lipinski definition) is 2. The summed E-state index contributed by atoms with van der Waals surface area (Å²) in [7, 11) is 0. The van der Waals surface area contributed by atoms with E-state index in [-0.39, 0.29) is 18.9 Å². The number of nitrogens with one attached hydrogen (secondary N) is 1. The van der Waals surface area contributed by atoms with Crippen LogP contribution in [0.4, 0.5) is 0 Å². The highest BCUT2D eigenvalue weighted by molar-refractivity contribution is 5.76. The van der Waals surface area contributed by atoms with Crippen molar-refractivity contribution >= 4 is 11.9 Å². The van der Waals surface area contributed by atoms with Crippen LogP contribution in [0.25, 0.3) is 0 Å². The number of aliphatic carboxylic acids is 1. The molecular weight excluding hydrogens is 278 g/mol. The van der Waals surface area contributed by atoms with Gasteiger partial charge in [0.05, 0.1) is 6.42 Å². The number of amides is 1. The van der Waals surface area contributed by atoms with Gasteiger partial charge in [-0.25, -0.2) is 0 Å². The van der Waals surface area contributed by atoms with E-state index in [1.807, 2.05) is 0 Å². The fourth-order valence-corrected chi connectivity index (χ4v) is 2.52. The van der Waals surface area contributed by atoms with Crippen molar-refractivity contribution in [3.05, 3.63) is 0 Å². The molecule has 0 radical (unpaired) electrons. The first kappa shape index (κ1) is 20.9. The molecule has 130 valence electrons. The smallest absolute Gasteiger partial charge is 0.305 e. The van der Waals surface area contributed by atoms with E-state index in [0.717, 1.165) is 12.8 Å². The van der Waals surface area contributed by atoms with Crippen molar-refractivity contribution in [2.24, 2.45) is 0 Å². The predicted molar refractivity (Wildman–Crippen MR) is 91.0 cm³/mol. The Morgan fingerprint density at radius 3 is 1.64 bits per heavy atom. The van der Waals surface area contributed by atoms with Crippen LogP contribution in [0.15, 0.2) is 0 Å². The molecule has 0 rings (SSSR count). The maximum Gasteiger partial charge on any atom is 0.305 e. The van der Waals surface area contributed by atoms with Crippen molar-refractivity contribution in [3.63, 3.8) is 0 Å². The summed E-state index contributed by atoms with van der Waals surface area (Å²) in [6, 6.07) is 0. The zero-order valence-electron chi connectivity index (χ0n) is 14.4. The molecule has 1 amide bonds. The lowest BCUT2D eigenvalue weighted by Gasteiger charge is -2.04. The predicted octanol–water partition coefficient (Wildman–Crippen LogP) is 4.67. The van der Waals surface area contributed by atoms with Gasteiger partial charge in [-0.05, 0) is 6.42 Å². The first-order valence-corrected chi connectivity index (χ1v) is 9.15. The van der Waals surface area contributed by atoms with Gasteiger partial charge in [0, 0.05) is 13.0 Å². The number of carbonyl (C=O) groups excluding carboxylic acids is 1. The standard InChI is InChI=1S/C18H35NO3/c1-2-3-4-5-6-7-8-9-10-11-12-13-14-17(20)19-16-15-18(21)22/h2-16H2,1H3,(H,19,20)(H,21,22). The van der Waals surface area contributed by atoms with Crippen LogP contribution in [0.5, 0.6) is 0 Å².